The Bertz CT molecular complexity index is 383. The monoisotopic (exact) mass is 184 g/mol. The molecule has 0 bridgehead atoms. The third-order valence-corrected chi connectivity index (χ3v) is 2.66. The molecule has 0 saturated carbocycles. The van der Waals surface area contributed by atoms with Gasteiger partial charge in [-0.15, -0.1) is 0 Å². The zero-order valence-corrected chi connectivity index (χ0v) is 8.83. The molecule has 0 aliphatic heterocycles. The van der Waals surface area contributed by atoms with Gasteiger partial charge in [0.15, 0.2) is 0 Å². The molecule has 1 atom stereocenters. The van der Waals surface area contributed by atoms with E-state index >= 15 is 0 Å². The number of benzene rings is 1. The molecule has 1 aliphatic carbocycles. The van der Waals surface area contributed by atoms with Crippen molar-refractivity contribution in [2.24, 2.45) is 5.92 Å². The third-order valence-electron chi connectivity index (χ3n) is 2.66. The minimum absolute atomic E-state index is 0.559. The number of hydrogen-bond acceptors (Lipinski definition) is 0. The van der Waals surface area contributed by atoms with Gasteiger partial charge in [0.1, 0.15) is 0 Å². The Morgan fingerprint density at radius 1 is 1.21 bits per heavy atom. The van der Waals surface area contributed by atoms with E-state index in [1.165, 1.54) is 16.7 Å². The standard InChI is InChI=1S/C14H16/c1-11-4-3-5-13-8-7-12(2)10-14(13)9-6-11/h3-4,6-11H,5H2,1-2H3/b4-3-,9-6-. The lowest BCUT2D eigenvalue weighted by molar-refractivity contribution is 0.933. The van der Waals surface area contributed by atoms with E-state index in [9.17, 15) is 0 Å². The predicted octanol–water partition coefficient (Wildman–Crippen LogP) is 3.76. The van der Waals surface area contributed by atoms with Gasteiger partial charge in [0.25, 0.3) is 0 Å². The average molecular weight is 184 g/mol. The van der Waals surface area contributed by atoms with Gasteiger partial charge in [0.2, 0.25) is 0 Å². The number of fused-ring (bicyclic) bond motifs is 1. The fraction of sp³-hybridized carbons (Fsp3) is 0.286. The van der Waals surface area contributed by atoms with E-state index in [1.54, 1.807) is 0 Å². The van der Waals surface area contributed by atoms with E-state index in [1.807, 2.05) is 0 Å². The van der Waals surface area contributed by atoms with Gasteiger partial charge in [0.05, 0.1) is 0 Å². The van der Waals surface area contributed by atoms with Crippen LogP contribution < -0.4 is 0 Å². The summed E-state index contributed by atoms with van der Waals surface area (Å²) >= 11 is 0. The van der Waals surface area contributed by atoms with Crippen LogP contribution in [-0.2, 0) is 6.42 Å². The molecular weight excluding hydrogens is 168 g/mol. The Balaban J connectivity index is 2.44. The average Bonchev–Trinajstić information content (AvgIpc) is 2.15. The smallest absolute Gasteiger partial charge is 0.00784 e. The Hall–Kier alpha value is -1.30. The summed E-state index contributed by atoms with van der Waals surface area (Å²) in [5.41, 5.74) is 4.14. The molecule has 14 heavy (non-hydrogen) atoms. The lowest BCUT2D eigenvalue weighted by Crippen LogP contribution is -1.93. The highest BCUT2D eigenvalue weighted by atomic mass is 14.1. The largest absolute Gasteiger partial charge is 0.0835 e. The number of aryl methyl sites for hydroxylation is 1. The second-order valence-corrected chi connectivity index (χ2v) is 4.05. The highest BCUT2D eigenvalue weighted by molar-refractivity contribution is 5.56. The van der Waals surface area contributed by atoms with Crippen molar-refractivity contribution >= 4 is 6.08 Å². The highest BCUT2D eigenvalue weighted by Crippen LogP contribution is 2.18. The molecule has 0 radical (unpaired) electrons. The van der Waals surface area contributed by atoms with Gasteiger partial charge in [-0.1, -0.05) is 55.0 Å². The predicted molar refractivity (Wildman–Crippen MR) is 62.2 cm³/mol. The van der Waals surface area contributed by atoms with Crippen molar-refractivity contribution in [2.75, 3.05) is 0 Å². The summed E-state index contributed by atoms with van der Waals surface area (Å²) in [6, 6.07) is 6.68. The van der Waals surface area contributed by atoms with Crippen LogP contribution in [0, 0.1) is 12.8 Å². The lowest BCUT2D eigenvalue weighted by Gasteiger charge is -2.09. The molecule has 0 aromatic heterocycles. The van der Waals surface area contributed by atoms with Gasteiger partial charge in [-0.25, -0.2) is 0 Å². The summed E-state index contributed by atoms with van der Waals surface area (Å²) in [7, 11) is 0. The maximum Gasteiger partial charge on any atom is -0.00784 e. The molecule has 0 heterocycles. The van der Waals surface area contributed by atoms with Crippen LogP contribution in [0.2, 0.25) is 0 Å². The van der Waals surface area contributed by atoms with Gasteiger partial charge in [-0.2, -0.15) is 0 Å². The maximum atomic E-state index is 2.27. The molecule has 0 heteroatoms. The van der Waals surface area contributed by atoms with Gasteiger partial charge in [-0.05, 0) is 30.4 Å². The van der Waals surface area contributed by atoms with Crippen LogP contribution in [0.15, 0.2) is 36.4 Å². The van der Waals surface area contributed by atoms with E-state index in [-0.39, 0.29) is 0 Å². The van der Waals surface area contributed by atoms with Crippen molar-refractivity contribution in [2.45, 2.75) is 20.3 Å². The number of allylic oxidation sites excluding steroid dienone is 3. The molecule has 1 aliphatic rings. The lowest BCUT2D eigenvalue weighted by atomic mass is 9.97. The van der Waals surface area contributed by atoms with Gasteiger partial charge in [0, 0.05) is 0 Å². The zero-order valence-electron chi connectivity index (χ0n) is 8.83. The van der Waals surface area contributed by atoms with E-state index in [2.05, 4.69) is 56.4 Å². The summed E-state index contributed by atoms with van der Waals surface area (Å²) < 4.78 is 0. The van der Waals surface area contributed by atoms with Crippen LogP contribution in [0.5, 0.6) is 0 Å². The fourth-order valence-corrected chi connectivity index (χ4v) is 1.78. The summed E-state index contributed by atoms with van der Waals surface area (Å²) in [6.07, 6.45) is 10.1. The van der Waals surface area contributed by atoms with Crippen LogP contribution >= 0.6 is 0 Å². The molecule has 1 aromatic carbocycles. The van der Waals surface area contributed by atoms with Crippen LogP contribution in [0.3, 0.4) is 0 Å². The molecule has 1 unspecified atom stereocenters. The van der Waals surface area contributed by atoms with Crippen LogP contribution in [-0.4, -0.2) is 0 Å². The minimum atomic E-state index is 0.559. The summed E-state index contributed by atoms with van der Waals surface area (Å²) in [6.45, 7) is 4.36. The molecule has 72 valence electrons. The molecular formula is C14H16. The van der Waals surface area contributed by atoms with Crippen molar-refractivity contribution < 1.29 is 0 Å². The second kappa shape index (κ2) is 3.83. The molecule has 0 spiro atoms. The SMILES string of the molecule is Cc1ccc2c(c1)/C=C\C(C)/C=C\C2. The maximum absolute atomic E-state index is 2.27. The fourth-order valence-electron chi connectivity index (χ4n) is 1.78. The van der Waals surface area contributed by atoms with Gasteiger partial charge >= 0.3 is 0 Å². The van der Waals surface area contributed by atoms with Gasteiger partial charge in [-0.3, -0.25) is 0 Å². The number of hydrogen-bond donors (Lipinski definition) is 0. The van der Waals surface area contributed by atoms with Crippen molar-refractivity contribution in [3.63, 3.8) is 0 Å². The summed E-state index contributed by atoms with van der Waals surface area (Å²) in [5, 5.41) is 0. The first-order valence-corrected chi connectivity index (χ1v) is 5.20. The quantitative estimate of drug-likeness (QED) is 0.539. The van der Waals surface area contributed by atoms with Crippen molar-refractivity contribution in [3.05, 3.63) is 53.1 Å². The molecule has 2 rings (SSSR count). The first-order valence-electron chi connectivity index (χ1n) is 5.20. The Morgan fingerprint density at radius 3 is 2.93 bits per heavy atom. The Morgan fingerprint density at radius 2 is 2.07 bits per heavy atom. The van der Waals surface area contributed by atoms with Gasteiger partial charge < -0.3 is 0 Å². The first kappa shape index (κ1) is 9.26. The van der Waals surface area contributed by atoms with E-state index in [0.717, 1.165) is 6.42 Å². The second-order valence-electron chi connectivity index (χ2n) is 4.05. The van der Waals surface area contributed by atoms with E-state index in [4.69, 9.17) is 0 Å². The minimum Gasteiger partial charge on any atom is -0.0835 e. The molecule has 0 fully saturated rings. The Labute approximate surface area is 86.0 Å². The van der Waals surface area contributed by atoms with Crippen molar-refractivity contribution in [1.29, 1.82) is 0 Å². The summed E-state index contributed by atoms with van der Waals surface area (Å²) in [5.74, 6) is 0.559. The molecule has 0 amide bonds. The van der Waals surface area contributed by atoms with Crippen LogP contribution in [0.25, 0.3) is 6.08 Å². The Kier molecular flexibility index (Phi) is 2.53. The normalized spacial score (nSPS) is 24.6. The topological polar surface area (TPSA) is 0 Å². The van der Waals surface area contributed by atoms with Crippen molar-refractivity contribution in [3.8, 4) is 0 Å². The number of rotatable bonds is 0. The third kappa shape index (κ3) is 1.95. The van der Waals surface area contributed by atoms with Crippen LogP contribution in [0.4, 0.5) is 0 Å². The van der Waals surface area contributed by atoms with Crippen molar-refractivity contribution in [1.82, 2.24) is 0 Å². The molecule has 1 aromatic rings. The highest BCUT2D eigenvalue weighted by Gasteiger charge is 2.01. The van der Waals surface area contributed by atoms with E-state index in [0.29, 0.717) is 5.92 Å². The molecule has 0 nitrogen and oxygen atoms in total. The van der Waals surface area contributed by atoms with E-state index < -0.39 is 0 Å². The zero-order chi connectivity index (χ0) is 9.97. The van der Waals surface area contributed by atoms with Crippen LogP contribution in [0.1, 0.15) is 23.6 Å². The summed E-state index contributed by atoms with van der Waals surface area (Å²) in [4.78, 5) is 0. The first-order chi connectivity index (χ1) is 6.75. The molecule has 0 saturated heterocycles. The molecule has 0 N–H and O–H groups in total.